The second-order valence-electron chi connectivity index (χ2n) is 8.32. The number of fused-ring (bicyclic) bond motifs is 1. The molecular weight excluding hydrogens is 356 g/mol. The second kappa shape index (κ2) is 7.30. The van der Waals surface area contributed by atoms with E-state index in [1.54, 1.807) is 16.6 Å². The van der Waals surface area contributed by atoms with E-state index in [4.69, 9.17) is 4.74 Å². The van der Waals surface area contributed by atoms with Gasteiger partial charge in [-0.15, -0.1) is 0 Å². The predicted molar refractivity (Wildman–Crippen MR) is 107 cm³/mol. The standard InChI is InChI=1S/C21H28N4O3/c1-13-7-8-14(2)17(11-13)22-19(26)18-15-12-25(20(27)28-21(3,4)5)10-9-16(15)23-24(18)6/h7-8,11H,9-10,12H2,1-6H3,(H,22,26). The number of amides is 2. The van der Waals surface area contributed by atoms with Gasteiger partial charge in [-0.05, 0) is 51.8 Å². The minimum Gasteiger partial charge on any atom is -0.444 e. The number of ether oxygens (including phenoxy) is 1. The first kappa shape index (κ1) is 19.9. The molecular formula is C21H28N4O3. The van der Waals surface area contributed by atoms with Crippen LogP contribution in [0.2, 0.25) is 0 Å². The van der Waals surface area contributed by atoms with Crippen LogP contribution in [-0.2, 0) is 24.8 Å². The minimum atomic E-state index is -0.560. The highest BCUT2D eigenvalue weighted by Gasteiger charge is 2.31. The number of nitrogens with zero attached hydrogens (tertiary/aromatic N) is 3. The average molecular weight is 384 g/mol. The van der Waals surface area contributed by atoms with E-state index in [9.17, 15) is 9.59 Å². The Morgan fingerprint density at radius 3 is 2.61 bits per heavy atom. The summed E-state index contributed by atoms with van der Waals surface area (Å²) in [5.74, 6) is -0.226. The summed E-state index contributed by atoms with van der Waals surface area (Å²) in [5.41, 5.74) is 4.39. The molecule has 1 aliphatic heterocycles. The second-order valence-corrected chi connectivity index (χ2v) is 8.32. The molecule has 3 rings (SSSR count). The van der Waals surface area contributed by atoms with Crippen LogP contribution in [0, 0.1) is 13.8 Å². The van der Waals surface area contributed by atoms with Gasteiger partial charge < -0.3 is 15.0 Å². The van der Waals surface area contributed by atoms with Gasteiger partial charge in [0.1, 0.15) is 11.3 Å². The average Bonchev–Trinajstić information content (AvgIpc) is 2.91. The van der Waals surface area contributed by atoms with Gasteiger partial charge in [0.05, 0.1) is 12.2 Å². The van der Waals surface area contributed by atoms with Crippen LogP contribution in [0.3, 0.4) is 0 Å². The molecule has 2 aromatic rings. The first-order valence-electron chi connectivity index (χ1n) is 9.46. The van der Waals surface area contributed by atoms with Crippen molar-refractivity contribution in [1.29, 1.82) is 0 Å². The maximum Gasteiger partial charge on any atom is 0.410 e. The molecule has 150 valence electrons. The van der Waals surface area contributed by atoms with Crippen LogP contribution in [-0.4, -0.2) is 38.8 Å². The van der Waals surface area contributed by atoms with Crippen LogP contribution < -0.4 is 5.32 Å². The number of hydrogen-bond donors (Lipinski definition) is 1. The van der Waals surface area contributed by atoms with Crippen molar-refractivity contribution in [2.75, 3.05) is 11.9 Å². The van der Waals surface area contributed by atoms with Crippen molar-refractivity contribution in [3.8, 4) is 0 Å². The summed E-state index contributed by atoms with van der Waals surface area (Å²) in [6, 6.07) is 5.94. The number of aromatic nitrogens is 2. The molecule has 2 heterocycles. The number of benzene rings is 1. The highest BCUT2D eigenvalue weighted by atomic mass is 16.6. The van der Waals surface area contributed by atoms with Gasteiger partial charge in [0.2, 0.25) is 0 Å². The maximum atomic E-state index is 13.0. The first-order valence-corrected chi connectivity index (χ1v) is 9.46. The zero-order valence-electron chi connectivity index (χ0n) is 17.4. The molecule has 0 saturated heterocycles. The summed E-state index contributed by atoms with van der Waals surface area (Å²) < 4.78 is 7.08. The lowest BCUT2D eigenvalue weighted by Gasteiger charge is -2.29. The Bertz CT molecular complexity index is 924. The number of aryl methyl sites for hydroxylation is 3. The normalized spacial score (nSPS) is 13.9. The van der Waals surface area contributed by atoms with Crippen LogP contribution in [0.4, 0.5) is 10.5 Å². The van der Waals surface area contributed by atoms with Gasteiger partial charge in [0, 0.05) is 31.3 Å². The van der Waals surface area contributed by atoms with Crippen LogP contribution in [0.5, 0.6) is 0 Å². The summed E-state index contributed by atoms with van der Waals surface area (Å²) in [4.78, 5) is 27.1. The van der Waals surface area contributed by atoms with Crippen molar-refractivity contribution in [3.05, 3.63) is 46.3 Å². The zero-order chi connectivity index (χ0) is 20.6. The molecule has 7 nitrogen and oxygen atoms in total. The number of anilines is 1. The van der Waals surface area contributed by atoms with E-state index in [2.05, 4.69) is 10.4 Å². The predicted octanol–water partition coefficient (Wildman–Crippen LogP) is 3.58. The highest BCUT2D eigenvalue weighted by molar-refractivity contribution is 6.04. The van der Waals surface area contributed by atoms with E-state index in [1.807, 2.05) is 52.8 Å². The van der Waals surface area contributed by atoms with Crippen LogP contribution in [0.1, 0.15) is 53.6 Å². The van der Waals surface area contributed by atoms with Crippen molar-refractivity contribution in [3.63, 3.8) is 0 Å². The van der Waals surface area contributed by atoms with Gasteiger partial charge >= 0.3 is 6.09 Å². The fourth-order valence-electron chi connectivity index (χ4n) is 3.32. The lowest BCUT2D eigenvalue weighted by molar-refractivity contribution is 0.0222. The first-order chi connectivity index (χ1) is 13.0. The Hall–Kier alpha value is -2.83. The third-order valence-electron chi connectivity index (χ3n) is 4.70. The van der Waals surface area contributed by atoms with Gasteiger partial charge in [-0.2, -0.15) is 5.10 Å². The number of nitrogens with one attached hydrogen (secondary N) is 1. The highest BCUT2D eigenvalue weighted by Crippen LogP contribution is 2.25. The van der Waals surface area contributed by atoms with Gasteiger partial charge in [0.15, 0.2) is 0 Å². The number of carbonyl (C=O) groups excluding carboxylic acids is 2. The van der Waals surface area contributed by atoms with Crippen molar-refractivity contribution < 1.29 is 14.3 Å². The quantitative estimate of drug-likeness (QED) is 0.859. The monoisotopic (exact) mass is 384 g/mol. The molecule has 0 aliphatic carbocycles. The Morgan fingerprint density at radius 2 is 1.93 bits per heavy atom. The lowest BCUT2D eigenvalue weighted by atomic mass is 10.0. The Balaban J connectivity index is 1.85. The van der Waals surface area contributed by atoms with Crippen LogP contribution in [0.25, 0.3) is 0 Å². The third-order valence-corrected chi connectivity index (χ3v) is 4.70. The number of hydrogen-bond acceptors (Lipinski definition) is 4. The van der Waals surface area contributed by atoms with E-state index in [0.717, 1.165) is 28.1 Å². The molecule has 1 aromatic carbocycles. The van der Waals surface area contributed by atoms with E-state index in [-0.39, 0.29) is 12.0 Å². The number of carbonyl (C=O) groups is 2. The number of rotatable bonds is 2. The van der Waals surface area contributed by atoms with Crippen molar-refractivity contribution >= 4 is 17.7 Å². The molecule has 0 fully saturated rings. The summed E-state index contributed by atoms with van der Waals surface area (Å²) in [5, 5.41) is 7.49. The largest absolute Gasteiger partial charge is 0.444 e. The minimum absolute atomic E-state index is 0.226. The van der Waals surface area contributed by atoms with Gasteiger partial charge in [-0.1, -0.05) is 12.1 Å². The van der Waals surface area contributed by atoms with Crippen LogP contribution in [0.15, 0.2) is 18.2 Å². The summed E-state index contributed by atoms with van der Waals surface area (Å²) in [6.45, 7) is 10.3. The molecule has 0 unspecified atom stereocenters. The molecule has 7 heteroatoms. The lowest BCUT2D eigenvalue weighted by Crippen LogP contribution is -2.40. The van der Waals surface area contributed by atoms with Gasteiger partial charge in [0.25, 0.3) is 5.91 Å². The fraction of sp³-hybridized carbons (Fsp3) is 0.476. The fourth-order valence-corrected chi connectivity index (χ4v) is 3.32. The Labute approximate surface area is 165 Å². The van der Waals surface area contributed by atoms with Crippen molar-refractivity contribution in [1.82, 2.24) is 14.7 Å². The maximum absolute atomic E-state index is 13.0. The summed E-state index contributed by atoms with van der Waals surface area (Å²) >= 11 is 0. The molecule has 28 heavy (non-hydrogen) atoms. The van der Waals surface area contributed by atoms with Crippen molar-refractivity contribution in [2.24, 2.45) is 7.05 Å². The molecule has 1 N–H and O–H groups in total. The van der Waals surface area contributed by atoms with E-state index < -0.39 is 5.60 Å². The Morgan fingerprint density at radius 1 is 1.21 bits per heavy atom. The molecule has 0 radical (unpaired) electrons. The van der Waals surface area contributed by atoms with E-state index in [0.29, 0.717) is 25.2 Å². The molecule has 1 aromatic heterocycles. The Kier molecular flexibility index (Phi) is 5.19. The molecule has 2 amide bonds. The van der Waals surface area contributed by atoms with Crippen molar-refractivity contribution in [2.45, 2.75) is 53.2 Å². The summed E-state index contributed by atoms with van der Waals surface area (Å²) in [6.07, 6.45) is 0.224. The molecule has 0 atom stereocenters. The van der Waals surface area contributed by atoms with E-state index >= 15 is 0 Å². The van der Waals surface area contributed by atoms with E-state index in [1.165, 1.54) is 0 Å². The third kappa shape index (κ3) is 4.18. The molecule has 0 spiro atoms. The van der Waals surface area contributed by atoms with Crippen LogP contribution >= 0.6 is 0 Å². The van der Waals surface area contributed by atoms with Gasteiger partial charge in [-0.25, -0.2) is 4.79 Å². The topological polar surface area (TPSA) is 76.5 Å². The zero-order valence-corrected chi connectivity index (χ0v) is 17.4. The van der Waals surface area contributed by atoms with Gasteiger partial charge in [-0.3, -0.25) is 9.48 Å². The smallest absolute Gasteiger partial charge is 0.410 e. The molecule has 1 aliphatic rings. The molecule has 0 saturated carbocycles. The summed E-state index contributed by atoms with van der Waals surface area (Å²) in [7, 11) is 1.76. The molecule has 0 bridgehead atoms. The SMILES string of the molecule is Cc1ccc(C)c(NC(=O)c2c3c(nn2C)CCN(C(=O)OC(C)(C)C)C3)c1.